The van der Waals surface area contributed by atoms with Gasteiger partial charge in [0.05, 0.1) is 0 Å². The van der Waals surface area contributed by atoms with Crippen LogP contribution in [0.1, 0.15) is 42.0 Å². The Bertz CT molecular complexity index is 960. The molecule has 0 N–H and O–H groups in total. The quantitative estimate of drug-likeness (QED) is 0.666. The van der Waals surface area contributed by atoms with Crippen molar-refractivity contribution in [3.8, 4) is 0 Å². The van der Waals surface area contributed by atoms with Crippen molar-refractivity contribution in [3.63, 3.8) is 0 Å². The molecule has 0 spiro atoms. The Kier molecular flexibility index (Phi) is 6.66. The van der Waals surface area contributed by atoms with Crippen molar-refractivity contribution < 1.29 is 18.0 Å². The van der Waals surface area contributed by atoms with E-state index in [1.54, 1.807) is 13.8 Å². The summed E-state index contributed by atoms with van der Waals surface area (Å²) >= 11 is 0. The van der Waals surface area contributed by atoms with Crippen LogP contribution in [0.4, 0.5) is 13.2 Å². The van der Waals surface area contributed by atoms with Gasteiger partial charge in [-0.2, -0.15) is 18.2 Å². The van der Waals surface area contributed by atoms with Crippen LogP contribution < -0.4 is 0 Å². The lowest BCUT2D eigenvalue weighted by atomic mass is 10.1. The maximum atomic E-state index is 13.0. The van der Waals surface area contributed by atoms with Crippen LogP contribution in [0.3, 0.4) is 0 Å². The van der Waals surface area contributed by atoms with Crippen LogP contribution >= 0.6 is 0 Å². The van der Waals surface area contributed by atoms with Crippen LogP contribution in [0.5, 0.6) is 0 Å². The molecule has 2 aliphatic heterocycles. The highest BCUT2D eigenvalue weighted by Gasteiger charge is 2.37. The lowest BCUT2D eigenvalue weighted by Crippen LogP contribution is -2.50. The number of aromatic nitrogens is 4. The Hall–Kier alpha value is -2.27. The zero-order chi connectivity index (χ0) is 22.9. The molecular formula is C21H30F3N7O. The normalized spacial score (nSPS) is 18.7. The van der Waals surface area contributed by atoms with Crippen LogP contribution in [0.2, 0.25) is 0 Å². The summed E-state index contributed by atoms with van der Waals surface area (Å²) in [4.78, 5) is 27.2. The van der Waals surface area contributed by atoms with Crippen molar-refractivity contribution in [2.75, 3.05) is 52.4 Å². The predicted octanol–water partition coefficient (Wildman–Crippen LogP) is 1.93. The summed E-state index contributed by atoms with van der Waals surface area (Å²) in [7, 11) is 0. The van der Waals surface area contributed by atoms with Crippen LogP contribution in [0, 0.1) is 13.8 Å². The molecule has 4 heterocycles. The minimum atomic E-state index is -4.62. The van der Waals surface area contributed by atoms with Crippen LogP contribution in [0.15, 0.2) is 0 Å². The molecule has 4 rings (SSSR count). The minimum absolute atomic E-state index is 0.0673. The third-order valence-electron chi connectivity index (χ3n) is 6.55. The number of rotatable bonds is 6. The number of hydrogen-bond donors (Lipinski definition) is 0. The summed E-state index contributed by atoms with van der Waals surface area (Å²) in [5.41, 5.74) is 1.86. The standard InChI is InChI=1S/C21H30F3N7O/c1-15-17(16(2)31-20(25-15)26-19(27-31)21(22,23)24)5-6-18(32)30-13-11-29(12-14-30)10-9-28-7-3-4-8-28/h3-14H2,1-2H3. The second kappa shape index (κ2) is 9.30. The molecule has 1 amide bonds. The monoisotopic (exact) mass is 453 g/mol. The molecule has 0 radical (unpaired) electrons. The van der Waals surface area contributed by atoms with Gasteiger partial charge in [0.2, 0.25) is 5.91 Å². The highest BCUT2D eigenvalue weighted by Crippen LogP contribution is 2.27. The van der Waals surface area contributed by atoms with Gasteiger partial charge in [0.1, 0.15) is 0 Å². The molecule has 32 heavy (non-hydrogen) atoms. The highest BCUT2D eigenvalue weighted by atomic mass is 19.4. The van der Waals surface area contributed by atoms with Gasteiger partial charge in [-0.1, -0.05) is 0 Å². The number of nitrogens with zero attached hydrogens (tertiary/aromatic N) is 7. The summed E-state index contributed by atoms with van der Waals surface area (Å²) in [6.45, 7) is 11.1. The van der Waals surface area contributed by atoms with E-state index in [2.05, 4.69) is 24.9 Å². The Morgan fingerprint density at radius 1 is 0.938 bits per heavy atom. The number of fused-ring (bicyclic) bond motifs is 1. The molecule has 0 aliphatic carbocycles. The first-order valence-corrected chi connectivity index (χ1v) is 11.2. The Morgan fingerprint density at radius 3 is 2.19 bits per heavy atom. The van der Waals surface area contributed by atoms with Gasteiger partial charge in [-0.25, -0.2) is 9.50 Å². The van der Waals surface area contributed by atoms with Gasteiger partial charge >= 0.3 is 6.18 Å². The van der Waals surface area contributed by atoms with Crippen LogP contribution in [-0.4, -0.2) is 92.5 Å². The van der Waals surface area contributed by atoms with Crippen molar-refractivity contribution in [2.45, 2.75) is 45.7 Å². The number of amides is 1. The molecule has 176 valence electrons. The largest absolute Gasteiger partial charge is 0.453 e. The number of likely N-dealkylation sites (tertiary alicyclic amines) is 1. The number of hydrogen-bond acceptors (Lipinski definition) is 6. The number of halogens is 3. The van der Waals surface area contributed by atoms with E-state index < -0.39 is 12.0 Å². The molecule has 2 saturated heterocycles. The Morgan fingerprint density at radius 2 is 1.56 bits per heavy atom. The second-order valence-electron chi connectivity index (χ2n) is 8.68. The summed E-state index contributed by atoms with van der Waals surface area (Å²) in [5.74, 6) is -1.21. The van der Waals surface area contributed by atoms with Gasteiger partial charge in [0.15, 0.2) is 0 Å². The van der Waals surface area contributed by atoms with Crippen molar-refractivity contribution in [1.82, 2.24) is 34.3 Å². The molecule has 2 aromatic heterocycles. The summed E-state index contributed by atoms with van der Waals surface area (Å²) in [6.07, 6.45) is -1.33. The predicted molar refractivity (Wildman–Crippen MR) is 112 cm³/mol. The van der Waals surface area contributed by atoms with E-state index in [9.17, 15) is 18.0 Å². The maximum absolute atomic E-state index is 13.0. The van der Waals surface area contributed by atoms with Gasteiger partial charge < -0.3 is 9.80 Å². The van der Waals surface area contributed by atoms with Crippen LogP contribution in [0.25, 0.3) is 5.78 Å². The molecule has 11 heteroatoms. The number of carbonyl (C=O) groups is 1. The van der Waals surface area contributed by atoms with Gasteiger partial charge in [0, 0.05) is 57.1 Å². The van der Waals surface area contributed by atoms with Crippen molar-refractivity contribution >= 4 is 11.7 Å². The Labute approximate surface area is 185 Å². The van der Waals surface area contributed by atoms with Crippen molar-refractivity contribution in [1.29, 1.82) is 0 Å². The van der Waals surface area contributed by atoms with Gasteiger partial charge in [0.25, 0.3) is 11.6 Å². The topological polar surface area (TPSA) is 69.9 Å². The molecule has 0 atom stereocenters. The highest BCUT2D eigenvalue weighted by molar-refractivity contribution is 5.76. The molecule has 2 fully saturated rings. The van der Waals surface area contributed by atoms with E-state index in [-0.39, 0.29) is 11.7 Å². The van der Waals surface area contributed by atoms with E-state index in [4.69, 9.17) is 0 Å². The molecule has 2 aromatic rings. The second-order valence-corrected chi connectivity index (χ2v) is 8.68. The van der Waals surface area contributed by atoms with Crippen molar-refractivity contribution in [2.24, 2.45) is 0 Å². The maximum Gasteiger partial charge on any atom is 0.453 e. The summed E-state index contributed by atoms with van der Waals surface area (Å²) in [5, 5.41) is 3.57. The van der Waals surface area contributed by atoms with E-state index >= 15 is 0 Å². The fourth-order valence-electron chi connectivity index (χ4n) is 4.59. The zero-order valence-electron chi connectivity index (χ0n) is 18.7. The molecule has 0 unspecified atom stereocenters. The van der Waals surface area contributed by atoms with Crippen LogP contribution in [-0.2, 0) is 17.4 Å². The lowest BCUT2D eigenvalue weighted by molar-refractivity contribution is -0.144. The molecule has 8 nitrogen and oxygen atoms in total. The third-order valence-corrected chi connectivity index (χ3v) is 6.55. The van der Waals surface area contributed by atoms with Crippen molar-refractivity contribution in [3.05, 3.63) is 22.8 Å². The fourth-order valence-corrected chi connectivity index (χ4v) is 4.59. The van der Waals surface area contributed by atoms with E-state index in [0.29, 0.717) is 37.3 Å². The average Bonchev–Trinajstić information content (AvgIpc) is 3.42. The number of aryl methyl sites for hydroxylation is 2. The average molecular weight is 454 g/mol. The molecule has 0 bridgehead atoms. The Balaban J connectivity index is 1.32. The van der Waals surface area contributed by atoms with Gasteiger partial charge in [-0.3, -0.25) is 9.69 Å². The van der Waals surface area contributed by atoms with E-state index in [1.807, 2.05) is 4.90 Å². The molecule has 2 aliphatic rings. The molecule has 0 aromatic carbocycles. The number of piperazine rings is 1. The number of carbonyl (C=O) groups excluding carboxylic acids is 1. The molecular weight excluding hydrogens is 423 g/mol. The van der Waals surface area contributed by atoms with E-state index in [1.165, 1.54) is 25.9 Å². The number of alkyl halides is 3. The smallest absolute Gasteiger partial charge is 0.340 e. The summed E-state index contributed by atoms with van der Waals surface area (Å²) in [6, 6.07) is 0. The first-order valence-electron chi connectivity index (χ1n) is 11.2. The minimum Gasteiger partial charge on any atom is -0.340 e. The van der Waals surface area contributed by atoms with Gasteiger partial charge in [-0.05, 0) is 51.8 Å². The SMILES string of the molecule is Cc1nc2nc(C(F)(F)F)nn2c(C)c1CCC(=O)N1CCN(CCN2CCCC2)CC1. The van der Waals surface area contributed by atoms with Gasteiger partial charge in [-0.15, -0.1) is 5.10 Å². The summed E-state index contributed by atoms with van der Waals surface area (Å²) < 4.78 is 40.0. The zero-order valence-corrected chi connectivity index (χ0v) is 18.7. The molecule has 0 saturated carbocycles. The first-order chi connectivity index (χ1) is 15.2. The fraction of sp³-hybridized carbons (Fsp3) is 0.714. The third kappa shape index (κ3) is 5.03. The first kappa shape index (κ1) is 22.9. The van der Waals surface area contributed by atoms with E-state index in [0.717, 1.165) is 36.3 Å². The lowest BCUT2D eigenvalue weighted by Gasteiger charge is -2.35.